The Labute approximate surface area is 167 Å². The van der Waals surface area contributed by atoms with Gasteiger partial charge < -0.3 is 0 Å². The Morgan fingerprint density at radius 2 is 1.33 bits per heavy atom. The molecule has 0 unspecified atom stereocenters. The fourth-order valence-electron chi connectivity index (χ4n) is 6.47. The summed E-state index contributed by atoms with van der Waals surface area (Å²) in [5, 5.41) is 4.59. The molecule has 4 saturated carbocycles. The Morgan fingerprint density at radius 3 is 1.85 bits per heavy atom. The van der Waals surface area contributed by atoms with E-state index in [1.54, 1.807) is 0 Å². The zero-order valence-corrected chi connectivity index (χ0v) is 17.9. The zero-order chi connectivity index (χ0) is 19.1. The molecule has 4 bridgehead atoms. The van der Waals surface area contributed by atoms with Crippen molar-refractivity contribution in [3.63, 3.8) is 0 Å². The van der Waals surface area contributed by atoms with Gasteiger partial charge in [0.1, 0.15) is 0 Å². The average Bonchev–Trinajstić information content (AvgIpc) is 2.63. The van der Waals surface area contributed by atoms with Crippen molar-refractivity contribution in [2.45, 2.75) is 117 Å². The van der Waals surface area contributed by atoms with Crippen molar-refractivity contribution in [1.29, 1.82) is 0 Å². The smallest absolute Gasteiger partial charge is 0.240 e. The van der Waals surface area contributed by atoms with Crippen LogP contribution in [0.5, 0.6) is 0 Å². The van der Waals surface area contributed by atoms with Crippen LogP contribution in [-0.4, -0.2) is 11.6 Å². The van der Waals surface area contributed by atoms with E-state index in [1.165, 1.54) is 95.6 Å². The largest absolute Gasteiger partial charge is 0.273 e. The second-order valence-corrected chi connectivity index (χ2v) is 10.0. The number of hydrogen-bond donors (Lipinski definition) is 1. The van der Waals surface area contributed by atoms with Gasteiger partial charge in [0.05, 0.1) is 0 Å². The lowest BCUT2D eigenvalue weighted by atomic mass is 9.48. The molecule has 27 heavy (non-hydrogen) atoms. The molecule has 154 valence electrons. The van der Waals surface area contributed by atoms with Crippen molar-refractivity contribution in [2.24, 2.45) is 28.3 Å². The van der Waals surface area contributed by atoms with Gasteiger partial charge in [0, 0.05) is 17.5 Å². The van der Waals surface area contributed by atoms with E-state index in [0.717, 1.165) is 24.2 Å². The van der Waals surface area contributed by atoms with E-state index >= 15 is 0 Å². The molecule has 0 radical (unpaired) electrons. The highest BCUT2D eigenvalue weighted by Crippen LogP contribution is 2.60. The molecule has 0 aromatic heterocycles. The first-order valence-electron chi connectivity index (χ1n) is 11.9. The van der Waals surface area contributed by atoms with Crippen molar-refractivity contribution >= 4 is 11.6 Å². The van der Waals surface area contributed by atoms with Crippen LogP contribution in [-0.2, 0) is 4.79 Å². The van der Waals surface area contributed by atoms with E-state index in [9.17, 15) is 4.79 Å². The molecule has 4 fully saturated rings. The Bertz CT molecular complexity index is 475. The first kappa shape index (κ1) is 20.9. The van der Waals surface area contributed by atoms with Crippen LogP contribution >= 0.6 is 0 Å². The van der Waals surface area contributed by atoms with Gasteiger partial charge in [-0.05, 0) is 69.6 Å². The number of hydrogen-bond acceptors (Lipinski definition) is 2. The molecule has 0 aliphatic heterocycles. The molecule has 4 aliphatic carbocycles. The predicted octanol–water partition coefficient (Wildman–Crippen LogP) is 6.62. The van der Waals surface area contributed by atoms with Gasteiger partial charge in [-0.1, -0.05) is 58.3 Å². The molecule has 3 nitrogen and oxygen atoms in total. The van der Waals surface area contributed by atoms with E-state index in [0.29, 0.717) is 11.8 Å². The third-order valence-corrected chi connectivity index (χ3v) is 7.66. The van der Waals surface area contributed by atoms with E-state index in [-0.39, 0.29) is 5.91 Å². The molecule has 0 saturated heterocycles. The second kappa shape index (κ2) is 10.1. The molecule has 4 rings (SSSR count). The first-order chi connectivity index (χ1) is 13.1. The van der Waals surface area contributed by atoms with Gasteiger partial charge in [0.15, 0.2) is 0 Å². The predicted molar refractivity (Wildman–Crippen MR) is 114 cm³/mol. The summed E-state index contributed by atoms with van der Waals surface area (Å²) in [5.74, 6) is 2.90. The fraction of sp³-hybridized carbons (Fsp3) is 0.917. The Hall–Kier alpha value is -0.860. The van der Waals surface area contributed by atoms with Gasteiger partial charge >= 0.3 is 0 Å². The van der Waals surface area contributed by atoms with Crippen LogP contribution in [0, 0.1) is 23.2 Å². The molecule has 0 aromatic carbocycles. The molecular formula is C24H42N2O. The molecule has 1 amide bonds. The molecule has 1 N–H and O–H groups in total. The minimum Gasteiger partial charge on any atom is -0.273 e. The number of amides is 1. The van der Waals surface area contributed by atoms with Crippen LogP contribution < -0.4 is 5.43 Å². The fourth-order valence-corrected chi connectivity index (χ4v) is 6.47. The Balaban J connectivity index is 1.30. The van der Waals surface area contributed by atoms with Crippen molar-refractivity contribution in [2.75, 3.05) is 0 Å². The van der Waals surface area contributed by atoms with Crippen LogP contribution in [0.2, 0.25) is 0 Å². The third kappa shape index (κ3) is 5.81. The third-order valence-electron chi connectivity index (χ3n) is 7.66. The topological polar surface area (TPSA) is 41.5 Å². The molecule has 0 heterocycles. The van der Waals surface area contributed by atoms with Crippen LogP contribution in [0.3, 0.4) is 0 Å². The summed E-state index contributed by atoms with van der Waals surface area (Å²) in [6.45, 7) is 4.44. The Morgan fingerprint density at radius 1 is 0.852 bits per heavy atom. The summed E-state index contributed by atoms with van der Waals surface area (Å²) in [6.07, 6.45) is 20.6. The summed E-state index contributed by atoms with van der Waals surface area (Å²) in [7, 11) is 0. The maximum Gasteiger partial charge on any atom is 0.240 e. The molecule has 0 atom stereocenters. The number of carbonyl (C=O) groups is 1. The van der Waals surface area contributed by atoms with Crippen LogP contribution in [0.15, 0.2) is 5.10 Å². The van der Waals surface area contributed by atoms with Crippen molar-refractivity contribution < 1.29 is 4.79 Å². The summed E-state index contributed by atoms with van der Waals surface area (Å²) in [5.41, 5.74) is 4.41. The molecule has 0 aromatic rings. The highest BCUT2D eigenvalue weighted by atomic mass is 16.2. The number of carbonyl (C=O) groups excluding carboxylic acids is 1. The van der Waals surface area contributed by atoms with Crippen molar-refractivity contribution in [3.05, 3.63) is 0 Å². The second-order valence-electron chi connectivity index (χ2n) is 10.0. The number of nitrogens with one attached hydrogen (secondary N) is 1. The number of nitrogens with zero attached hydrogens (tertiary/aromatic N) is 1. The summed E-state index contributed by atoms with van der Waals surface area (Å²) >= 11 is 0. The van der Waals surface area contributed by atoms with E-state index in [1.807, 2.05) is 0 Å². The minimum absolute atomic E-state index is 0.113. The SMILES string of the molecule is CCCCCCCCCCCC(=O)NN=C(C)C12CC3CC(CC(C3)C1)C2. The van der Waals surface area contributed by atoms with Gasteiger partial charge in [-0.25, -0.2) is 5.43 Å². The van der Waals surface area contributed by atoms with Gasteiger partial charge in [-0.2, -0.15) is 5.10 Å². The van der Waals surface area contributed by atoms with Gasteiger partial charge in [-0.3, -0.25) is 4.79 Å². The quantitative estimate of drug-likeness (QED) is 0.233. The normalized spacial score (nSPS) is 32.1. The number of rotatable bonds is 12. The highest BCUT2D eigenvalue weighted by molar-refractivity contribution is 5.89. The Kier molecular flexibility index (Phi) is 7.78. The molecule has 3 heteroatoms. The average molecular weight is 375 g/mol. The zero-order valence-electron chi connectivity index (χ0n) is 17.9. The minimum atomic E-state index is 0.113. The maximum absolute atomic E-state index is 12.2. The summed E-state index contributed by atoms with van der Waals surface area (Å²) in [4.78, 5) is 12.2. The lowest BCUT2D eigenvalue weighted by molar-refractivity contribution is -0.121. The van der Waals surface area contributed by atoms with Crippen molar-refractivity contribution in [3.8, 4) is 0 Å². The van der Waals surface area contributed by atoms with E-state index in [2.05, 4.69) is 24.4 Å². The van der Waals surface area contributed by atoms with Crippen LogP contribution in [0.1, 0.15) is 117 Å². The standard InChI is InChI=1S/C24H42N2O/c1-3-4-5-6-7-8-9-10-11-12-23(27)26-25-19(2)24-16-20-13-21(17-24)15-22(14-20)18-24/h20-22H,3-18H2,1-2H3,(H,26,27). The monoisotopic (exact) mass is 374 g/mol. The van der Waals surface area contributed by atoms with Gasteiger partial charge in [0.2, 0.25) is 5.91 Å². The lowest BCUT2D eigenvalue weighted by Crippen LogP contribution is -2.49. The number of hydrazone groups is 1. The summed E-state index contributed by atoms with van der Waals surface area (Å²) < 4.78 is 0. The van der Waals surface area contributed by atoms with Crippen LogP contribution in [0.4, 0.5) is 0 Å². The lowest BCUT2D eigenvalue weighted by Gasteiger charge is -2.56. The number of unbranched alkanes of at least 4 members (excludes halogenated alkanes) is 8. The van der Waals surface area contributed by atoms with E-state index < -0.39 is 0 Å². The maximum atomic E-state index is 12.2. The van der Waals surface area contributed by atoms with Crippen molar-refractivity contribution in [1.82, 2.24) is 5.43 Å². The summed E-state index contributed by atoms with van der Waals surface area (Å²) in [6, 6.07) is 0. The van der Waals surface area contributed by atoms with Gasteiger partial charge in [-0.15, -0.1) is 0 Å². The van der Waals surface area contributed by atoms with Crippen LogP contribution in [0.25, 0.3) is 0 Å². The van der Waals surface area contributed by atoms with E-state index in [4.69, 9.17) is 0 Å². The highest BCUT2D eigenvalue weighted by Gasteiger charge is 2.52. The molecular weight excluding hydrogens is 332 g/mol. The first-order valence-corrected chi connectivity index (χ1v) is 11.9. The van der Waals surface area contributed by atoms with Gasteiger partial charge in [0.25, 0.3) is 0 Å². The molecule has 0 spiro atoms. The molecule has 4 aliphatic rings.